The summed E-state index contributed by atoms with van der Waals surface area (Å²) in [5, 5.41) is 2.93. The van der Waals surface area contributed by atoms with Crippen LogP contribution in [0.4, 0.5) is 13.2 Å². The SMILES string of the molecule is CS(=O)(=O)N1CCN(CC(=O)NC2(c3cccc(C(F)(F)F)c3)CCC2)CC1. The van der Waals surface area contributed by atoms with E-state index in [-0.39, 0.29) is 12.5 Å². The summed E-state index contributed by atoms with van der Waals surface area (Å²) < 4.78 is 63.5. The first-order valence-corrected chi connectivity index (χ1v) is 11.0. The van der Waals surface area contributed by atoms with Crippen LogP contribution in [0.15, 0.2) is 24.3 Å². The normalized spacial score (nSPS) is 21.1. The monoisotopic (exact) mass is 419 g/mol. The van der Waals surface area contributed by atoms with E-state index in [4.69, 9.17) is 0 Å². The largest absolute Gasteiger partial charge is 0.416 e. The minimum Gasteiger partial charge on any atom is -0.345 e. The van der Waals surface area contributed by atoms with Gasteiger partial charge in [-0.1, -0.05) is 12.1 Å². The third-order valence-electron chi connectivity index (χ3n) is 5.50. The Labute approximate surface area is 162 Å². The number of benzene rings is 1. The Balaban J connectivity index is 1.63. The Hall–Kier alpha value is -1.65. The zero-order valence-electron chi connectivity index (χ0n) is 15.6. The van der Waals surface area contributed by atoms with Gasteiger partial charge in [0.25, 0.3) is 0 Å². The Morgan fingerprint density at radius 1 is 1.18 bits per heavy atom. The fourth-order valence-electron chi connectivity index (χ4n) is 3.74. The zero-order chi connectivity index (χ0) is 20.6. The molecule has 1 amide bonds. The van der Waals surface area contributed by atoms with Gasteiger partial charge < -0.3 is 5.32 Å². The van der Waals surface area contributed by atoms with Gasteiger partial charge in [0.05, 0.1) is 23.9 Å². The van der Waals surface area contributed by atoms with Crippen LogP contribution in [0.5, 0.6) is 0 Å². The Morgan fingerprint density at radius 3 is 2.32 bits per heavy atom. The van der Waals surface area contributed by atoms with Crippen molar-refractivity contribution in [1.82, 2.24) is 14.5 Å². The molecule has 0 radical (unpaired) electrons. The predicted octanol–water partition coefficient (Wildman–Crippen LogP) is 1.78. The molecule has 1 aromatic carbocycles. The van der Waals surface area contributed by atoms with Crippen LogP contribution >= 0.6 is 0 Å². The van der Waals surface area contributed by atoms with Crippen LogP contribution in [0, 0.1) is 0 Å². The Bertz CT molecular complexity index is 830. The van der Waals surface area contributed by atoms with Crippen LogP contribution in [-0.4, -0.2) is 62.5 Å². The lowest BCUT2D eigenvalue weighted by atomic mass is 9.71. The molecular formula is C18H24F3N3O3S. The summed E-state index contributed by atoms with van der Waals surface area (Å²) in [4.78, 5) is 14.4. The summed E-state index contributed by atoms with van der Waals surface area (Å²) in [6, 6.07) is 5.14. The number of nitrogens with zero attached hydrogens (tertiary/aromatic N) is 2. The average molecular weight is 419 g/mol. The van der Waals surface area contributed by atoms with Gasteiger partial charge in [0.15, 0.2) is 0 Å². The maximum atomic E-state index is 13.0. The van der Waals surface area contributed by atoms with Crippen molar-refractivity contribution in [3.63, 3.8) is 0 Å². The van der Waals surface area contributed by atoms with Crippen LogP contribution in [0.1, 0.15) is 30.4 Å². The molecule has 1 N–H and O–H groups in total. The minimum atomic E-state index is -4.43. The first-order valence-electron chi connectivity index (χ1n) is 9.16. The van der Waals surface area contributed by atoms with Crippen LogP contribution in [0.3, 0.4) is 0 Å². The van der Waals surface area contributed by atoms with Crippen LogP contribution in [-0.2, 0) is 26.5 Å². The molecular weight excluding hydrogens is 395 g/mol. The molecule has 156 valence electrons. The van der Waals surface area contributed by atoms with Gasteiger partial charge in [-0.05, 0) is 37.0 Å². The number of rotatable bonds is 5. The molecule has 2 fully saturated rings. The van der Waals surface area contributed by atoms with E-state index in [2.05, 4.69) is 5.32 Å². The highest BCUT2D eigenvalue weighted by Gasteiger charge is 2.41. The van der Waals surface area contributed by atoms with Gasteiger partial charge in [-0.2, -0.15) is 17.5 Å². The number of sulfonamides is 1. The topological polar surface area (TPSA) is 69.7 Å². The van der Waals surface area contributed by atoms with E-state index in [0.717, 1.165) is 24.8 Å². The lowest BCUT2D eigenvalue weighted by molar-refractivity contribution is -0.137. The molecule has 1 aliphatic carbocycles. The number of amides is 1. The second-order valence-corrected chi connectivity index (χ2v) is 9.48. The van der Waals surface area contributed by atoms with Crippen molar-refractivity contribution in [2.45, 2.75) is 31.0 Å². The van der Waals surface area contributed by atoms with Gasteiger partial charge in [0.2, 0.25) is 15.9 Å². The number of halogens is 3. The number of hydrogen-bond acceptors (Lipinski definition) is 4. The molecule has 1 heterocycles. The molecule has 6 nitrogen and oxygen atoms in total. The Morgan fingerprint density at radius 2 is 1.82 bits per heavy atom. The molecule has 1 saturated carbocycles. The van der Waals surface area contributed by atoms with E-state index in [0.29, 0.717) is 44.6 Å². The molecule has 3 rings (SSSR count). The molecule has 28 heavy (non-hydrogen) atoms. The third kappa shape index (κ3) is 4.66. The number of carbonyl (C=O) groups excluding carboxylic acids is 1. The fourth-order valence-corrected chi connectivity index (χ4v) is 4.56. The van der Waals surface area contributed by atoms with Crippen molar-refractivity contribution in [2.75, 3.05) is 39.0 Å². The molecule has 0 atom stereocenters. The van der Waals surface area contributed by atoms with E-state index < -0.39 is 27.3 Å². The molecule has 1 aromatic rings. The quantitative estimate of drug-likeness (QED) is 0.790. The van der Waals surface area contributed by atoms with Gasteiger partial charge in [0, 0.05) is 26.2 Å². The van der Waals surface area contributed by atoms with E-state index in [1.807, 2.05) is 4.90 Å². The summed E-state index contributed by atoms with van der Waals surface area (Å²) >= 11 is 0. The molecule has 0 unspecified atom stereocenters. The first kappa shape index (κ1) is 21.1. The fraction of sp³-hybridized carbons (Fsp3) is 0.611. The van der Waals surface area contributed by atoms with Crippen LogP contribution in [0.2, 0.25) is 0 Å². The summed E-state index contributed by atoms with van der Waals surface area (Å²) in [7, 11) is -3.24. The van der Waals surface area contributed by atoms with Crippen LogP contribution in [0.25, 0.3) is 0 Å². The number of carbonyl (C=O) groups is 1. The Kier molecular flexibility index (Phi) is 5.75. The van der Waals surface area contributed by atoms with Gasteiger partial charge in [0.1, 0.15) is 0 Å². The lowest BCUT2D eigenvalue weighted by Gasteiger charge is -2.44. The maximum absolute atomic E-state index is 13.0. The summed E-state index contributed by atoms with van der Waals surface area (Å²) in [6.07, 6.45) is -1.23. The van der Waals surface area contributed by atoms with Crippen molar-refractivity contribution in [2.24, 2.45) is 0 Å². The third-order valence-corrected chi connectivity index (χ3v) is 6.80. The molecule has 0 bridgehead atoms. The average Bonchev–Trinajstić information content (AvgIpc) is 2.57. The summed E-state index contributed by atoms with van der Waals surface area (Å²) in [5.74, 6) is -0.259. The smallest absolute Gasteiger partial charge is 0.345 e. The van der Waals surface area contributed by atoms with Crippen molar-refractivity contribution in [3.05, 3.63) is 35.4 Å². The molecule has 0 aromatic heterocycles. The highest BCUT2D eigenvalue weighted by molar-refractivity contribution is 7.88. The second kappa shape index (κ2) is 7.64. The molecule has 0 spiro atoms. The van der Waals surface area contributed by atoms with Crippen molar-refractivity contribution in [3.8, 4) is 0 Å². The summed E-state index contributed by atoms with van der Waals surface area (Å²) in [6.45, 7) is 1.63. The number of hydrogen-bond donors (Lipinski definition) is 1. The van der Waals surface area contributed by atoms with E-state index in [1.165, 1.54) is 10.4 Å². The minimum absolute atomic E-state index is 0.0955. The number of nitrogens with one attached hydrogen (secondary N) is 1. The number of piperazine rings is 1. The highest BCUT2D eigenvalue weighted by Crippen LogP contribution is 2.42. The van der Waals surface area contributed by atoms with Gasteiger partial charge in [-0.3, -0.25) is 9.69 Å². The number of alkyl halides is 3. The predicted molar refractivity (Wildman–Crippen MR) is 98.0 cm³/mol. The molecule has 1 saturated heterocycles. The first-order chi connectivity index (χ1) is 13.0. The molecule has 2 aliphatic rings. The maximum Gasteiger partial charge on any atom is 0.416 e. The van der Waals surface area contributed by atoms with Gasteiger partial charge in [-0.15, -0.1) is 0 Å². The van der Waals surface area contributed by atoms with E-state index >= 15 is 0 Å². The molecule has 1 aliphatic heterocycles. The van der Waals surface area contributed by atoms with E-state index in [9.17, 15) is 26.4 Å². The van der Waals surface area contributed by atoms with Crippen molar-refractivity contribution in [1.29, 1.82) is 0 Å². The molecule has 10 heteroatoms. The van der Waals surface area contributed by atoms with Gasteiger partial charge in [-0.25, -0.2) is 8.42 Å². The van der Waals surface area contributed by atoms with Crippen molar-refractivity contribution < 1.29 is 26.4 Å². The van der Waals surface area contributed by atoms with Crippen molar-refractivity contribution >= 4 is 15.9 Å². The standard InChI is InChI=1S/C18H24F3N3O3S/c1-28(26,27)24-10-8-23(9-11-24)13-16(25)22-17(6-3-7-17)14-4-2-5-15(12-14)18(19,20)21/h2,4-5,12H,3,6-11,13H2,1H3,(H,22,25). The summed E-state index contributed by atoms with van der Waals surface area (Å²) in [5.41, 5.74) is -1.00. The second-order valence-electron chi connectivity index (χ2n) is 7.50. The highest BCUT2D eigenvalue weighted by atomic mass is 32.2. The van der Waals surface area contributed by atoms with Crippen LogP contribution < -0.4 is 5.32 Å². The van der Waals surface area contributed by atoms with Gasteiger partial charge >= 0.3 is 6.18 Å². The van der Waals surface area contributed by atoms with E-state index in [1.54, 1.807) is 6.07 Å². The zero-order valence-corrected chi connectivity index (χ0v) is 16.4. The lowest BCUT2D eigenvalue weighted by Crippen LogP contribution is -2.55.